The van der Waals surface area contributed by atoms with Gasteiger partial charge in [0.2, 0.25) is 23.6 Å². The monoisotopic (exact) mass is 505 g/mol. The average molecular weight is 506 g/mol. The molecule has 0 aliphatic rings. The third kappa shape index (κ3) is 11.8. The number of primary amides is 1. The van der Waals surface area contributed by atoms with Crippen LogP contribution in [-0.2, 0) is 28.8 Å². The number of carboxylic acid groups (broad SMARTS) is 2. The van der Waals surface area contributed by atoms with Gasteiger partial charge in [0.1, 0.15) is 18.1 Å². The van der Waals surface area contributed by atoms with Gasteiger partial charge in [0.25, 0.3) is 0 Å². The summed E-state index contributed by atoms with van der Waals surface area (Å²) >= 11 is 1.48. The molecule has 0 aromatic rings. The van der Waals surface area contributed by atoms with Crippen LogP contribution in [0.2, 0.25) is 0 Å². The second-order valence-electron chi connectivity index (χ2n) is 7.82. The van der Waals surface area contributed by atoms with Gasteiger partial charge < -0.3 is 37.6 Å². The maximum absolute atomic E-state index is 12.9. The normalized spacial score (nSPS) is 15.2. The first-order chi connectivity index (χ1) is 15.8. The summed E-state index contributed by atoms with van der Waals surface area (Å²) in [6.45, 7) is 3.38. The lowest BCUT2D eigenvalue weighted by atomic mass is 9.97. The Morgan fingerprint density at radius 3 is 1.97 bits per heavy atom. The number of hydrogen-bond donors (Lipinski definition) is 7. The molecule has 0 saturated heterocycles. The number of hydrogen-bond acceptors (Lipinski definition) is 8. The quantitative estimate of drug-likeness (QED) is 0.119. The molecule has 9 N–H and O–H groups in total. The van der Waals surface area contributed by atoms with Gasteiger partial charge >= 0.3 is 11.9 Å². The van der Waals surface area contributed by atoms with Gasteiger partial charge in [-0.05, 0) is 30.8 Å². The van der Waals surface area contributed by atoms with Crippen LogP contribution < -0.4 is 27.4 Å². The van der Waals surface area contributed by atoms with E-state index in [0.29, 0.717) is 18.6 Å². The SMILES string of the molecule is CCC(C)C(NC(=O)C(CCC(=O)O)NC(=O)C(N)CCSC)C(=O)NC(CC(N)=O)C(=O)O. The number of carbonyl (C=O) groups is 6. The summed E-state index contributed by atoms with van der Waals surface area (Å²) in [7, 11) is 0. The number of rotatable bonds is 17. The standard InChI is InChI=1S/C20H35N5O8S/c1-4-10(2)16(19(31)24-13(20(32)33)9-14(22)26)25-18(30)12(5-6-15(27)28)23-17(29)11(21)7-8-34-3/h10-13,16H,4-9,21H2,1-3H3,(H2,22,26)(H,23,29)(H,24,31)(H,25,30)(H,27,28)(H,32,33). The Bertz CT molecular complexity index is 750. The lowest BCUT2D eigenvalue weighted by Crippen LogP contribution is -2.59. The zero-order valence-electron chi connectivity index (χ0n) is 19.5. The third-order valence-corrected chi connectivity index (χ3v) is 5.71. The van der Waals surface area contributed by atoms with Gasteiger partial charge in [0.15, 0.2) is 0 Å². The molecule has 0 bridgehead atoms. The summed E-state index contributed by atoms with van der Waals surface area (Å²) in [5.74, 6) is -5.80. The smallest absolute Gasteiger partial charge is 0.326 e. The van der Waals surface area contributed by atoms with Crippen LogP contribution in [0.5, 0.6) is 0 Å². The highest BCUT2D eigenvalue weighted by molar-refractivity contribution is 7.98. The molecule has 5 atom stereocenters. The zero-order chi connectivity index (χ0) is 26.4. The van der Waals surface area contributed by atoms with Gasteiger partial charge in [-0.2, -0.15) is 11.8 Å². The molecule has 0 aliphatic heterocycles. The van der Waals surface area contributed by atoms with Crippen molar-refractivity contribution < 1.29 is 39.0 Å². The van der Waals surface area contributed by atoms with E-state index in [4.69, 9.17) is 16.6 Å². The number of thioether (sulfide) groups is 1. The summed E-state index contributed by atoms with van der Waals surface area (Å²) in [4.78, 5) is 71.5. The lowest BCUT2D eigenvalue weighted by molar-refractivity contribution is -0.144. The fraction of sp³-hybridized carbons (Fsp3) is 0.700. The second-order valence-corrected chi connectivity index (χ2v) is 8.81. The Morgan fingerprint density at radius 1 is 0.912 bits per heavy atom. The largest absolute Gasteiger partial charge is 0.481 e. The van der Waals surface area contributed by atoms with Crippen molar-refractivity contribution in [2.24, 2.45) is 17.4 Å². The van der Waals surface area contributed by atoms with E-state index >= 15 is 0 Å². The Balaban J connectivity index is 5.59. The van der Waals surface area contributed by atoms with Gasteiger partial charge in [-0.3, -0.25) is 24.0 Å². The maximum Gasteiger partial charge on any atom is 0.326 e. The van der Waals surface area contributed by atoms with Crippen molar-refractivity contribution in [1.82, 2.24) is 16.0 Å². The fourth-order valence-electron chi connectivity index (χ4n) is 2.81. The first kappa shape index (κ1) is 31.1. The summed E-state index contributed by atoms with van der Waals surface area (Å²) < 4.78 is 0. The average Bonchev–Trinajstić information content (AvgIpc) is 2.76. The van der Waals surface area contributed by atoms with Crippen molar-refractivity contribution in [2.45, 2.75) is 70.1 Å². The molecule has 34 heavy (non-hydrogen) atoms. The summed E-state index contributed by atoms with van der Waals surface area (Å²) in [5, 5.41) is 25.3. The second kappa shape index (κ2) is 15.9. The molecule has 0 aromatic heterocycles. The number of nitrogens with two attached hydrogens (primary N) is 2. The van der Waals surface area contributed by atoms with Crippen LogP contribution in [0, 0.1) is 5.92 Å². The minimum atomic E-state index is -1.59. The molecular weight excluding hydrogens is 470 g/mol. The molecule has 0 heterocycles. The summed E-state index contributed by atoms with van der Waals surface area (Å²) in [6.07, 6.45) is 1.26. The molecule has 0 rings (SSSR count). The Hall–Kier alpha value is -2.87. The molecule has 13 nitrogen and oxygen atoms in total. The molecule has 0 aliphatic carbocycles. The third-order valence-electron chi connectivity index (χ3n) is 5.06. The van der Waals surface area contributed by atoms with E-state index in [-0.39, 0.29) is 6.42 Å². The number of aliphatic carboxylic acids is 2. The van der Waals surface area contributed by atoms with Crippen molar-refractivity contribution in [3.05, 3.63) is 0 Å². The molecular formula is C20H35N5O8S. The Kier molecular flexibility index (Phi) is 14.5. The molecule has 194 valence electrons. The number of amides is 4. The van der Waals surface area contributed by atoms with Crippen molar-refractivity contribution >= 4 is 47.3 Å². The van der Waals surface area contributed by atoms with Crippen LogP contribution in [0.15, 0.2) is 0 Å². The van der Waals surface area contributed by atoms with Crippen LogP contribution >= 0.6 is 11.8 Å². The molecule has 5 unspecified atom stereocenters. The Morgan fingerprint density at radius 2 is 1.50 bits per heavy atom. The van der Waals surface area contributed by atoms with E-state index in [1.807, 2.05) is 6.26 Å². The van der Waals surface area contributed by atoms with Crippen LogP contribution in [0.4, 0.5) is 0 Å². The molecule has 0 spiro atoms. The molecule has 14 heteroatoms. The molecule has 0 fully saturated rings. The summed E-state index contributed by atoms with van der Waals surface area (Å²) in [5.41, 5.74) is 10.8. The van der Waals surface area contributed by atoms with Crippen molar-refractivity contribution in [3.8, 4) is 0 Å². The van der Waals surface area contributed by atoms with Gasteiger partial charge in [-0.1, -0.05) is 20.3 Å². The van der Waals surface area contributed by atoms with Crippen molar-refractivity contribution in [3.63, 3.8) is 0 Å². The van der Waals surface area contributed by atoms with E-state index < -0.39 is 78.5 Å². The van der Waals surface area contributed by atoms with E-state index in [2.05, 4.69) is 16.0 Å². The highest BCUT2D eigenvalue weighted by Gasteiger charge is 2.33. The molecule has 0 aromatic carbocycles. The maximum atomic E-state index is 12.9. The highest BCUT2D eigenvalue weighted by Crippen LogP contribution is 2.11. The Labute approximate surface area is 202 Å². The summed E-state index contributed by atoms with van der Waals surface area (Å²) in [6, 6.07) is -5.01. The van der Waals surface area contributed by atoms with Crippen LogP contribution in [-0.4, -0.2) is 82.0 Å². The minimum Gasteiger partial charge on any atom is -0.481 e. The van der Waals surface area contributed by atoms with E-state index in [9.17, 15) is 33.9 Å². The molecule has 0 radical (unpaired) electrons. The topological polar surface area (TPSA) is 231 Å². The van der Waals surface area contributed by atoms with Crippen LogP contribution in [0.1, 0.15) is 46.0 Å². The number of carboxylic acids is 2. The van der Waals surface area contributed by atoms with Gasteiger partial charge in [0, 0.05) is 6.42 Å². The molecule has 0 saturated carbocycles. The van der Waals surface area contributed by atoms with E-state index in [0.717, 1.165) is 0 Å². The lowest BCUT2D eigenvalue weighted by Gasteiger charge is -2.28. The molecule has 4 amide bonds. The predicted molar refractivity (Wildman–Crippen MR) is 125 cm³/mol. The van der Waals surface area contributed by atoms with Crippen LogP contribution in [0.25, 0.3) is 0 Å². The van der Waals surface area contributed by atoms with Crippen molar-refractivity contribution in [1.29, 1.82) is 0 Å². The van der Waals surface area contributed by atoms with Gasteiger partial charge in [-0.15, -0.1) is 0 Å². The minimum absolute atomic E-state index is 0.254. The van der Waals surface area contributed by atoms with Crippen LogP contribution in [0.3, 0.4) is 0 Å². The van der Waals surface area contributed by atoms with E-state index in [1.54, 1.807) is 13.8 Å². The number of carbonyl (C=O) groups excluding carboxylic acids is 4. The van der Waals surface area contributed by atoms with Gasteiger partial charge in [0.05, 0.1) is 12.5 Å². The first-order valence-corrected chi connectivity index (χ1v) is 12.1. The van der Waals surface area contributed by atoms with Crippen molar-refractivity contribution in [2.75, 3.05) is 12.0 Å². The highest BCUT2D eigenvalue weighted by atomic mass is 32.2. The number of nitrogens with one attached hydrogen (secondary N) is 3. The fourth-order valence-corrected chi connectivity index (χ4v) is 3.30. The van der Waals surface area contributed by atoms with E-state index in [1.165, 1.54) is 11.8 Å². The first-order valence-electron chi connectivity index (χ1n) is 10.7. The predicted octanol–water partition coefficient (Wildman–Crippen LogP) is -1.61. The zero-order valence-corrected chi connectivity index (χ0v) is 20.4. The van der Waals surface area contributed by atoms with Gasteiger partial charge in [-0.25, -0.2) is 4.79 Å².